The van der Waals surface area contributed by atoms with Crippen LogP contribution in [0.2, 0.25) is 5.02 Å². The van der Waals surface area contributed by atoms with E-state index in [1.807, 2.05) is 33.0 Å². The predicted molar refractivity (Wildman–Crippen MR) is 123 cm³/mol. The van der Waals surface area contributed by atoms with Crippen molar-refractivity contribution in [2.45, 2.75) is 38.8 Å². The summed E-state index contributed by atoms with van der Waals surface area (Å²) in [5.74, 6) is 0.0244. The van der Waals surface area contributed by atoms with Crippen LogP contribution >= 0.6 is 11.6 Å². The molecule has 0 aliphatic carbocycles. The summed E-state index contributed by atoms with van der Waals surface area (Å²) in [4.78, 5) is 21.4. The third kappa shape index (κ3) is 3.70. The molecule has 2 aromatic rings. The van der Waals surface area contributed by atoms with Gasteiger partial charge in [-0.15, -0.1) is 0 Å². The predicted octanol–water partition coefficient (Wildman–Crippen LogP) is 3.49. The van der Waals surface area contributed by atoms with Gasteiger partial charge >= 0.3 is 0 Å². The van der Waals surface area contributed by atoms with Gasteiger partial charge in [-0.1, -0.05) is 11.6 Å². The van der Waals surface area contributed by atoms with Crippen LogP contribution < -0.4 is 9.80 Å². The Morgan fingerprint density at radius 2 is 2.00 bits per heavy atom. The molecule has 1 aromatic carbocycles. The zero-order chi connectivity index (χ0) is 22.6. The van der Waals surface area contributed by atoms with Crippen molar-refractivity contribution in [1.29, 1.82) is 0 Å². The number of sulfonamides is 1. The highest BCUT2D eigenvalue weighted by Crippen LogP contribution is 2.43. The molecule has 1 amide bonds. The van der Waals surface area contributed by atoms with E-state index >= 15 is 0 Å². The number of likely N-dealkylation sites (N-methyl/N-ethyl adjacent to an activating group) is 1. The number of benzene rings is 1. The summed E-state index contributed by atoms with van der Waals surface area (Å²) in [6, 6.07) is 7.34. The zero-order valence-electron chi connectivity index (χ0n) is 18.2. The molecule has 0 saturated carbocycles. The van der Waals surface area contributed by atoms with E-state index < -0.39 is 15.6 Å². The smallest absolute Gasteiger partial charge is 0.259 e. The van der Waals surface area contributed by atoms with Gasteiger partial charge in [0.1, 0.15) is 0 Å². The first-order valence-corrected chi connectivity index (χ1v) is 12.3. The highest BCUT2D eigenvalue weighted by molar-refractivity contribution is 7.89. The van der Waals surface area contributed by atoms with Gasteiger partial charge in [0.2, 0.25) is 10.0 Å². The molecular formula is C22H27ClN4O3S. The van der Waals surface area contributed by atoms with Crippen LogP contribution in [0.15, 0.2) is 36.7 Å². The molecule has 4 rings (SSSR count). The van der Waals surface area contributed by atoms with E-state index in [1.165, 1.54) is 0 Å². The Morgan fingerprint density at radius 1 is 1.26 bits per heavy atom. The molecule has 2 aliphatic heterocycles. The monoisotopic (exact) mass is 462 g/mol. The van der Waals surface area contributed by atoms with E-state index in [-0.39, 0.29) is 17.7 Å². The number of anilines is 2. The molecule has 31 heavy (non-hydrogen) atoms. The number of hydrogen-bond donors (Lipinski definition) is 0. The average molecular weight is 463 g/mol. The maximum absolute atomic E-state index is 13.2. The molecule has 1 saturated heterocycles. The number of nitrogens with zero attached hydrogens (tertiary/aromatic N) is 4. The number of carbonyl (C=O) groups is 1. The standard InChI is InChI=1S/C22H27ClN4O3S/c1-5-31(29,30)26-9-8-16(14-26)25(4)17-11-18(13-24-12-17)27-21(28)19-7-6-15(23)10-20(19)22(27,2)3/h6-7,10-13,16H,5,8-9,14H2,1-4H3. The van der Waals surface area contributed by atoms with Gasteiger partial charge in [-0.25, -0.2) is 8.42 Å². The van der Waals surface area contributed by atoms with Crippen molar-refractivity contribution in [3.05, 3.63) is 52.8 Å². The van der Waals surface area contributed by atoms with Gasteiger partial charge in [0.05, 0.1) is 35.1 Å². The normalized spacial score (nSPS) is 20.9. The molecule has 9 heteroatoms. The average Bonchev–Trinajstić information content (AvgIpc) is 3.30. The minimum absolute atomic E-state index is 0.0525. The van der Waals surface area contributed by atoms with Crippen LogP contribution in [-0.2, 0) is 15.6 Å². The van der Waals surface area contributed by atoms with Crippen LogP contribution in [0.5, 0.6) is 0 Å². The molecule has 1 unspecified atom stereocenters. The fraction of sp³-hybridized carbons (Fsp3) is 0.455. The Labute approximate surface area is 188 Å². The number of halogens is 1. The van der Waals surface area contributed by atoms with E-state index in [9.17, 15) is 13.2 Å². The largest absolute Gasteiger partial charge is 0.369 e. The second-order valence-corrected chi connectivity index (χ2v) is 11.3. The maximum atomic E-state index is 13.2. The van der Waals surface area contributed by atoms with Crippen molar-refractivity contribution in [2.24, 2.45) is 0 Å². The first-order valence-electron chi connectivity index (χ1n) is 10.4. The lowest BCUT2D eigenvalue weighted by Crippen LogP contribution is -2.40. The van der Waals surface area contributed by atoms with Crippen LogP contribution in [0.4, 0.5) is 11.4 Å². The van der Waals surface area contributed by atoms with Crippen molar-refractivity contribution < 1.29 is 13.2 Å². The Bertz CT molecular complexity index is 1140. The fourth-order valence-electron chi connectivity index (χ4n) is 4.55. The van der Waals surface area contributed by atoms with E-state index in [1.54, 1.807) is 40.7 Å². The van der Waals surface area contributed by atoms with Crippen molar-refractivity contribution >= 4 is 38.9 Å². The molecular weight excluding hydrogens is 436 g/mol. The van der Waals surface area contributed by atoms with Crippen LogP contribution in [-0.4, -0.2) is 55.5 Å². The summed E-state index contributed by atoms with van der Waals surface area (Å²) in [5, 5.41) is 0.598. The number of pyridine rings is 1. The molecule has 166 valence electrons. The van der Waals surface area contributed by atoms with Crippen LogP contribution in [0.25, 0.3) is 0 Å². The first kappa shape index (κ1) is 22.0. The third-order valence-electron chi connectivity index (χ3n) is 6.44. The van der Waals surface area contributed by atoms with Crippen molar-refractivity contribution in [2.75, 3.05) is 35.7 Å². The molecule has 0 radical (unpaired) electrons. The van der Waals surface area contributed by atoms with Crippen molar-refractivity contribution in [3.8, 4) is 0 Å². The first-order chi connectivity index (χ1) is 14.6. The van der Waals surface area contributed by atoms with Crippen molar-refractivity contribution in [1.82, 2.24) is 9.29 Å². The number of fused-ring (bicyclic) bond motifs is 1. The lowest BCUT2D eigenvalue weighted by Gasteiger charge is -2.33. The van der Waals surface area contributed by atoms with Gasteiger partial charge in [0.15, 0.2) is 0 Å². The van der Waals surface area contributed by atoms with E-state index in [2.05, 4.69) is 9.88 Å². The van der Waals surface area contributed by atoms with E-state index in [0.29, 0.717) is 29.4 Å². The molecule has 0 bridgehead atoms. The van der Waals surface area contributed by atoms with E-state index in [4.69, 9.17) is 11.6 Å². The summed E-state index contributed by atoms with van der Waals surface area (Å²) in [6.45, 7) is 6.63. The van der Waals surface area contributed by atoms with Gasteiger partial charge in [0.25, 0.3) is 5.91 Å². The van der Waals surface area contributed by atoms with Crippen LogP contribution in [0.1, 0.15) is 43.1 Å². The second kappa shape index (κ2) is 7.76. The van der Waals surface area contributed by atoms with Gasteiger partial charge in [0, 0.05) is 36.8 Å². The van der Waals surface area contributed by atoms with Crippen LogP contribution in [0, 0.1) is 0 Å². The number of rotatable bonds is 5. The van der Waals surface area contributed by atoms with Gasteiger partial charge < -0.3 is 4.90 Å². The number of carbonyl (C=O) groups excluding carboxylic acids is 1. The fourth-order valence-corrected chi connectivity index (χ4v) is 5.87. The highest BCUT2D eigenvalue weighted by atomic mass is 35.5. The minimum Gasteiger partial charge on any atom is -0.369 e. The van der Waals surface area contributed by atoms with Gasteiger partial charge in [-0.3, -0.25) is 14.7 Å². The molecule has 1 fully saturated rings. The molecule has 2 aliphatic rings. The van der Waals surface area contributed by atoms with E-state index in [0.717, 1.165) is 17.7 Å². The molecule has 7 nitrogen and oxygen atoms in total. The quantitative estimate of drug-likeness (QED) is 0.680. The molecule has 3 heterocycles. The summed E-state index contributed by atoms with van der Waals surface area (Å²) < 4.78 is 26.0. The van der Waals surface area contributed by atoms with Crippen LogP contribution in [0.3, 0.4) is 0 Å². The third-order valence-corrected chi connectivity index (χ3v) is 8.52. The second-order valence-electron chi connectivity index (χ2n) is 8.60. The summed E-state index contributed by atoms with van der Waals surface area (Å²) in [6.07, 6.45) is 4.18. The molecule has 1 aromatic heterocycles. The molecule has 0 N–H and O–H groups in total. The van der Waals surface area contributed by atoms with Gasteiger partial charge in [-0.05, 0) is 57.0 Å². The summed E-state index contributed by atoms with van der Waals surface area (Å²) >= 11 is 6.19. The molecule has 0 spiro atoms. The molecule has 1 atom stereocenters. The van der Waals surface area contributed by atoms with Gasteiger partial charge in [-0.2, -0.15) is 4.31 Å². The number of amides is 1. The lowest BCUT2D eigenvalue weighted by molar-refractivity contribution is 0.0982. The minimum atomic E-state index is -3.20. The van der Waals surface area contributed by atoms with Crippen molar-refractivity contribution in [3.63, 3.8) is 0 Å². The Kier molecular flexibility index (Phi) is 5.52. The zero-order valence-corrected chi connectivity index (χ0v) is 19.7. The maximum Gasteiger partial charge on any atom is 0.259 e. The summed E-state index contributed by atoms with van der Waals surface area (Å²) in [7, 11) is -1.25. The number of hydrogen-bond acceptors (Lipinski definition) is 5. The SMILES string of the molecule is CCS(=O)(=O)N1CCC(N(C)c2cncc(N3C(=O)c4ccc(Cl)cc4C3(C)C)c2)C1. The topological polar surface area (TPSA) is 73.8 Å². The lowest BCUT2D eigenvalue weighted by atomic mass is 9.93. The number of aromatic nitrogens is 1. The summed E-state index contributed by atoms with van der Waals surface area (Å²) in [5.41, 5.74) is 2.50. The Balaban J connectivity index is 1.62. The highest BCUT2D eigenvalue weighted by Gasteiger charge is 2.44. The Morgan fingerprint density at radius 3 is 2.71 bits per heavy atom. The Hall–Kier alpha value is -2.16.